The van der Waals surface area contributed by atoms with E-state index in [2.05, 4.69) is 23.3 Å². The van der Waals surface area contributed by atoms with Crippen molar-refractivity contribution in [2.24, 2.45) is 0 Å². The first-order valence-electron chi connectivity index (χ1n) is 11.2. The summed E-state index contributed by atoms with van der Waals surface area (Å²) in [4.78, 5) is 37.9. The van der Waals surface area contributed by atoms with Crippen molar-refractivity contribution in [2.75, 3.05) is 0 Å². The first-order valence-corrected chi connectivity index (χ1v) is 11.7. The van der Waals surface area contributed by atoms with Crippen molar-refractivity contribution in [3.05, 3.63) is 102 Å². The molecule has 1 unspecified atom stereocenters. The summed E-state index contributed by atoms with van der Waals surface area (Å²) in [6.45, 7) is 0. The second-order valence-corrected chi connectivity index (χ2v) is 8.85. The van der Waals surface area contributed by atoms with Gasteiger partial charge in [-0.3, -0.25) is 9.59 Å². The molecule has 0 saturated carbocycles. The van der Waals surface area contributed by atoms with E-state index in [1.807, 2.05) is 60.7 Å². The molecule has 182 valence electrons. The Morgan fingerprint density at radius 2 is 1.11 bits per heavy atom. The van der Waals surface area contributed by atoms with Crippen molar-refractivity contribution in [2.45, 2.75) is 36.6 Å². The number of thiol groups is 1. The lowest BCUT2D eigenvalue weighted by molar-refractivity contribution is -0.142. The van der Waals surface area contributed by atoms with Crippen LogP contribution in [0.5, 0.6) is 5.75 Å². The second kappa shape index (κ2) is 12.6. The number of aromatic hydroxyl groups is 1. The van der Waals surface area contributed by atoms with Crippen LogP contribution in [0, 0.1) is 0 Å². The smallest absolute Gasteiger partial charge is 0.326 e. The highest BCUT2D eigenvalue weighted by Gasteiger charge is 2.28. The predicted octanol–water partition coefficient (Wildman–Crippen LogP) is 2.77. The molecule has 0 aliphatic heterocycles. The lowest BCUT2D eigenvalue weighted by atomic mass is 10.0. The minimum atomic E-state index is -1.21. The number of aliphatic carboxylic acids is 1. The van der Waals surface area contributed by atoms with Gasteiger partial charge in [0.15, 0.2) is 0 Å². The molecule has 0 heterocycles. The van der Waals surface area contributed by atoms with Gasteiger partial charge in [0.1, 0.15) is 17.8 Å². The molecule has 2 amide bonds. The monoisotopic (exact) mass is 492 g/mol. The lowest BCUT2D eigenvalue weighted by Gasteiger charge is -2.23. The van der Waals surface area contributed by atoms with Gasteiger partial charge in [-0.05, 0) is 35.2 Å². The Kier molecular flexibility index (Phi) is 9.31. The van der Waals surface area contributed by atoms with Gasteiger partial charge in [-0.15, -0.1) is 0 Å². The molecule has 0 aliphatic rings. The van der Waals surface area contributed by atoms with Crippen LogP contribution in [0.2, 0.25) is 0 Å². The average molecular weight is 493 g/mol. The van der Waals surface area contributed by atoms with Gasteiger partial charge in [-0.25, -0.2) is 4.79 Å². The summed E-state index contributed by atoms with van der Waals surface area (Å²) in [6.07, 6.45) is 0.598. The maximum absolute atomic E-state index is 13.2. The second-order valence-electron chi connectivity index (χ2n) is 8.23. The van der Waals surface area contributed by atoms with Crippen molar-refractivity contribution in [3.8, 4) is 5.75 Å². The summed E-state index contributed by atoms with van der Waals surface area (Å²) in [5.41, 5.74) is 2.39. The molecule has 4 N–H and O–H groups in total. The van der Waals surface area contributed by atoms with Crippen LogP contribution < -0.4 is 10.6 Å². The van der Waals surface area contributed by atoms with E-state index in [1.54, 1.807) is 12.1 Å². The Morgan fingerprint density at radius 3 is 1.66 bits per heavy atom. The highest BCUT2D eigenvalue weighted by atomic mass is 32.1. The van der Waals surface area contributed by atoms with Gasteiger partial charge in [0.25, 0.3) is 0 Å². The van der Waals surface area contributed by atoms with Crippen LogP contribution in [0.4, 0.5) is 0 Å². The summed E-state index contributed by atoms with van der Waals surface area (Å²) >= 11 is 4.42. The van der Waals surface area contributed by atoms with Crippen LogP contribution in [0.15, 0.2) is 84.9 Å². The largest absolute Gasteiger partial charge is 0.508 e. The molecule has 0 aliphatic carbocycles. The average Bonchev–Trinajstić information content (AvgIpc) is 2.85. The minimum absolute atomic E-state index is 0.0244. The summed E-state index contributed by atoms with van der Waals surface area (Å²) in [7, 11) is 0. The van der Waals surface area contributed by atoms with Gasteiger partial charge >= 0.3 is 5.97 Å². The van der Waals surface area contributed by atoms with Crippen LogP contribution >= 0.6 is 12.6 Å². The molecule has 3 aromatic rings. The number of nitrogens with one attached hydrogen (secondary N) is 2. The molecule has 0 radical (unpaired) electrons. The van der Waals surface area contributed by atoms with E-state index in [0.717, 1.165) is 11.1 Å². The van der Waals surface area contributed by atoms with E-state index >= 15 is 0 Å². The van der Waals surface area contributed by atoms with E-state index in [0.29, 0.717) is 12.0 Å². The number of amides is 2. The van der Waals surface area contributed by atoms with Gasteiger partial charge in [0.05, 0.1) is 5.25 Å². The number of phenolic OH excluding ortho intramolecular Hbond substituents is 1. The number of phenols is 1. The van der Waals surface area contributed by atoms with E-state index in [1.165, 1.54) is 12.1 Å². The highest BCUT2D eigenvalue weighted by molar-refractivity contribution is 7.81. The van der Waals surface area contributed by atoms with Crippen molar-refractivity contribution in [1.29, 1.82) is 0 Å². The quantitative estimate of drug-likeness (QED) is 0.264. The number of carboxylic acids is 1. The SMILES string of the molecule is O=C(N[C@@H](Cc1ccccc1)C(=O)N[C@@H](Cc1ccc(O)cc1)C(=O)O)C(S)Cc1ccccc1. The molecule has 0 aromatic heterocycles. The third-order valence-corrected chi connectivity index (χ3v) is 5.90. The number of hydrogen-bond donors (Lipinski definition) is 5. The number of carbonyl (C=O) groups is 3. The van der Waals surface area contributed by atoms with E-state index in [-0.39, 0.29) is 18.6 Å². The Morgan fingerprint density at radius 1 is 0.657 bits per heavy atom. The fourth-order valence-corrected chi connectivity index (χ4v) is 3.88. The summed E-state index contributed by atoms with van der Waals surface area (Å²) in [5.74, 6) is -2.16. The Balaban J connectivity index is 1.72. The van der Waals surface area contributed by atoms with Crippen molar-refractivity contribution < 1.29 is 24.6 Å². The molecule has 3 rings (SSSR count). The number of carboxylic acid groups (broad SMARTS) is 1. The predicted molar refractivity (Wildman–Crippen MR) is 136 cm³/mol. The molecule has 0 fully saturated rings. The zero-order chi connectivity index (χ0) is 25.2. The third-order valence-electron chi connectivity index (χ3n) is 5.48. The summed E-state index contributed by atoms with van der Waals surface area (Å²) < 4.78 is 0. The molecule has 3 atom stereocenters. The normalized spacial score (nSPS) is 13.3. The Labute approximate surface area is 209 Å². The van der Waals surface area contributed by atoms with Crippen LogP contribution in [0.3, 0.4) is 0 Å². The first kappa shape index (κ1) is 25.8. The van der Waals surface area contributed by atoms with Gasteiger partial charge in [0, 0.05) is 12.8 Å². The molecule has 0 saturated heterocycles. The van der Waals surface area contributed by atoms with Crippen LogP contribution in [-0.4, -0.2) is 45.3 Å². The molecule has 0 spiro atoms. The van der Waals surface area contributed by atoms with E-state index in [9.17, 15) is 24.6 Å². The number of carbonyl (C=O) groups excluding carboxylic acids is 2. The Hall–Kier alpha value is -3.78. The fourth-order valence-electron chi connectivity index (χ4n) is 3.60. The number of hydrogen-bond acceptors (Lipinski definition) is 5. The van der Waals surface area contributed by atoms with Gasteiger partial charge in [-0.2, -0.15) is 12.6 Å². The maximum atomic E-state index is 13.2. The number of benzene rings is 3. The van der Waals surface area contributed by atoms with Crippen LogP contribution in [0.25, 0.3) is 0 Å². The van der Waals surface area contributed by atoms with E-state index in [4.69, 9.17) is 0 Å². The van der Waals surface area contributed by atoms with Crippen molar-refractivity contribution in [3.63, 3.8) is 0 Å². The first-order chi connectivity index (χ1) is 16.8. The highest BCUT2D eigenvalue weighted by Crippen LogP contribution is 2.13. The summed E-state index contributed by atoms with van der Waals surface area (Å²) in [5, 5.41) is 23.7. The summed E-state index contributed by atoms with van der Waals surface area (Å²) in [6, 6.07) is 22.5. The van der Waals surface area contributed by atoms with Gasteiger partial charge in [-0.1, -0.05) is 72.8 Å². The van der Waals surface area contributed by atoms with Crippen molar-refractivity contribution >= 4 is 30.4 Å². The van der Waals surface area contributed by atoms with Crippen LogP contribution in [-0.2, 0) is 33.6 Å². The van der Waals surface area contributed by atoms with Gasteiger partial charge < -0.3 is 20.8 Å². The standard InChI is InChI=1S/C27H28N2O5S/c30-21-13-11-20(12-14-21)16-23(27(33)34)29-25(31)22(15-18-7-3-1-4-8-18)28-26(32)24(35)17-19-9-5-2-6-10-19/h1-14,22-24,30,35H,15-17H2,(H,28,32)(H,29,31)(H,33,34)/t22-,23-,24?/m0/s1. The minimum Gasteiger partial charge on any atom is -0.508 e. The third kappa shape index (κ3) is 8.19. The van der Waals surface area contributed by atoms with E-state index < -0.39 is 35.1 Å². The van der Waals surface area contributed by atoms with Crippen LogP contribution in [0.1, 0.15) is 16.7 Å². The topological polar surface area (TPSA) is 116 Å². The lowest BCUT2D eigenvalue weighted by Crippen LogP contribution is -2.54. The Bertz CT molecular complexity index is 1120. The zero-order valence-electron chi connectivity index (χ0n) is 19.0. The molecular formula is C27H28N2O5S. The fraction of sp³-hybridized carbons (Fsp3) is 0.222. The molecule has 8 heteroatoms. The van der Waals surface area contributed by atoms with Gasteiger partial charge in [0.2, 0.25) is 11.8 Å². The maximum Gasteiger partial charge on any atom is 0.326 e. The molecule has 3 aromatic carbocycles. The molecule has 7 nitrogen and oxygen atoms in total. The van der Waals surface area contributed by atoms with Crippen molar-refractivity contribution in [1.82, 2.24) is 10.6 Å². The molecule has 35 heavy (non-hydrogen) atoms. The molecule has 0 bridgehead atoms. The number of rotatable bonds is 11. The zero-order valence-corrected chi connectivity index (χ0v) is 19.9. The molecular weight excluding hydrogens is 464 g/mol.